The Labute approximate surface area is 128 Å². The molecule has 0 aliphatic heterocycles. The SMILES string of the molecule is CCNCc1cccc(CS(=O)(=O)NCC2CC2(C)C)c1. The van der Waals surface area contributed by atoms with Crippen molar-refractivity contribution in [2.75, 3.05) is 13.1 Å². The van der Waals surface area contributed by atoms with Crippen molar-refractivity contribution in [2.24, 2.45) is 11.3 Å². The van der Waals surface area contributed by atoms with Crippen molar-refractivity contribution in [1.29, 1.82) is 0 Å². The maximum Gasteiger partial charge on any atom is 0.215 e. The molecule has 5 heteroatoms. The number of rotatable bonds is 8. The zero-order valence-electron chi connectivity index (χ0n) is 13.1. The summed E-state index contributed by atoms with van der Waals surface area (Å²) < 4.78 is 27.0. The standard InChI is InChI=1S/C16H26N2O2S/c1-4-17-10-13-6-5-7-14(8-13)12-21(19,20)18-11-15-9-16(15,2)3/h5-8,15,17-18H,4,9-12H2,1-3H3. The normalized spacial score (nSPS) is 20.4. The van der Waals surface area contributed by atoms with Crippen LogP contribution in [-0.2, 0) is 22.3 Å². The molecule has 21 heavy (non-hydrogen) atoms. The second-order valence-electron chi connectivity index (χ2n) is 6.60. The van der Waals surface area contributed by atoms with Gasteiger partial charge in [0.05, 0.1) is 5.75 Å². The summed E-state index contributed by atoms with van der Waals surface area (Å²) in [6, 6.07) is 7.76. The minimum Gasteiger partial charge on any atom is -0.313 e. The molecule has 0 amide bonds. The van der Waals surface area contributed by atoms with Crippen molar-refractivity contribution in [2.45, 2.75) is 39.5 Å². The summed E-state index contributed by atoms with van der Waals surface area (Å²) in [5.41, 5.74) is 2.26. The highest BCUT2D eigenvalue weighted by Crippen LogP contribution is 2.51. The lowest BCUT2D eigenvalue weighted by Gasteiger charge is -2.09. The summed E-state index contributed by atoms with van der Waals surface area (Å²) in [5.74, 6) is 0.535. The van der Waals surface area contributed by atoms with Crippen LogP contribution in [0.3, 0.4) is 0 Å². The van der Waals surface area contributed by atoms with Crippen LogP contribution >= 0.6 is 0 Å². The van der Waals surface area contributed by atoms with E-state index in [9.17, 15) is 8.42 Å². The van der Waals surface area contributed by atoms with Crippen LogP contribution in [0.25, 0.3) is 0 Å². The molecule has 0 spiro atoms. The Hall–Kier alpha value is -0.910. The van der Waals surface area contributed by atoms with Crippen molar-refractivity contribution in [3.63, 3.8) is 0 Å². The van der Waals surface area contributed by atoms with Crippen LogP contribution in [0.2, 0.25) is 0 Å². The zero-order chi connectivity index (χ0) is 15.5. The average molecular weight is 310 g/mol. The molecule has 4 nitrogen and oxygen atoms in total. The lowest BCUT2D eigenvalue weighted by atomic mass is 10.1. The van der Waals surface area contributed by atoms with Crippen LogP contribution in [0.1, 0.15) is 38.3 Å². The fourth-order valence-electron chi connectivity index (χ4n) is 2.52. The predicted octanol–water partition coefficient (Wildman–Crippen LogP) is 2.26. The lowest BCUT2D eigenvalue weighted by molar-refractivity contribution is 0.537. The molecule has 0 bridgehead atoms. The van der Waals surface area contributed by atoms with Crippen LogP contribution in [-0.4, -0.2) is 21.5 Å². The number of benzene rings is 1. The Kier molecular flexibility index (Phi) is 5.07. The molecule has 2 N–H and O–H groups in total. The van der Waals surface area contributed by atoms with E-state index in [1.54, 1.807) is 0 Å². The Balaban J connectivity index is 1.90. The van der Waals surface area contributed by atoms with Gasteiger partial charge in [0.25, 0.3) is 0 Å². The molecule has 1 aliphatic rings. The molecule has 1 fully saturated rings. The Bertz CT molecular complexity index is 582. The molecule has 0 radical (unpaired) electrons. The molecule has 118 valence electrons. The second-order valence-corrected chi connectivity index (χ2v) is 8.40. The molecule has 1 unspecified atom stereocenters. The monoisotopic (exact) mass is 310 g/mol. The van der Waals surface area contributed by atoms with Gasteiger partial charge in [0, 0.05) is 13.1 Å². The third-order valence-corrected chi connectivity index (χ3v) is 5.51. The van der Waals surface area contributed by atoms with Crippen molar-refractivity contribution in [3.05, 3.63) is 35.4 Å². The summed E-state index contributed by atoms with van der Waals surface area (Å²) >= 11 is 0. The minimum absolute atomic E-state index is 0.0557. The highest BCUT2D eigenvalue weighted by Gasteiger charge is 2.45. The summed E-state index contributed by atoms with van der Waals surface area (Å²) in [4.78, 5) is 0. The number of hydrogen-bond acceptors (Lipinski definition) is 3. The second kappa shape index (κ2) is 6.46. The molecule has 0 saturated heterocycles. The van der Waals surface area contributed by atoms with Crippen molar-refractivity contribution >= 4 is 10.0 Å². The van der Waals surface area contributed by atoms with E-state index in [1.807, 2.05) is 24.3 Å². The van der Waals surface area contributed by atoms with Crippen molar-refractivity contribution in [3.8, 4) is 0 Å². The first kappa shape index (κ1) is 16.5. The van der Waals surface area contributed by atoms with E-state index in [4.69, 9.17) is 0 Å². The quantitative estimate of drug-likeness (QED) is 0.774. The summed E-state index contributed by atoms with van der Waals surface area (Å²) in [7, 11) is -3.25. The van der Waals surface area contributed by atoms with Crippen LogP contribution in [0.15, 0.2) is 24.3 Å². The van der Waals surface area contributed by atoms with Gasteiger partial charge >= 0.3 is 0 Å². The highest BCUT2D eigenvalue weighted by molar-refractivity contribution is 7.88. The molecular weight excluding hydrogens is 284 g/mol. The van der Waals surface area contributed by atoms with Crippen LogP contribution in [0.4, 0.5) is 0 Å². The minimum atomic E-state index is -3.25. The molecule has 1 aromatic carbocycles. The smallest absolute Gasteiger partial charge is 0.215 e. The third kappa shape index (κ3) is 5.09. The van der Waals surface area contributed by atoms with Gasteiger partial charge in [-0.15, -0.1) is 0 Å². The fourth-order valence-corrected chi connectivity index (χ4v) is 3.70. The van der Waals surface area contributed by atoms with E-state index < -0.39 is 10.0 Å². The van der Waals surface area contributed by atoms with Gasteiger partial charge in [0.2, 0.25) is 10.0 Å². The maximum atomic E-state index is 12.1. The van der Waals surface area contributed by atoms with Crippen molar-refractivity contribution < 1.29 is 8.42 Å². The van der Waals surface area contributed by atoms with E-state index in [2.05, 4.69) is 30.8 Å². The Morgan fingerprint density at radius 2 is 1.95 bits per heavy atom. The van der Waals surface area contributed by atoms with Crippen LogP contribution < -0.4 is 10.0 Å². The largest absolute Gasteiger partial charge is 0.313 e. The topological polar surface area (TPSA) is 58.2 Å². The van der Waals surface area contributed by atoms with Gasteiger partial charge in [-0.1, -0.05) is 45.0 Å². The van der Waals surface area contributed by atoms with Gasteiger partial charge in [-0.25, -0.2) is 13.1 Å². The fraction of sp³-hybridized carbons (Fsp3) is 0.625. The molecule has 1 aromatic rings. The lowest BCUT2D eigenvalue weighted by Crippen LogP contribution is -2.28. The molecule has 2 rings (SSSR count). The third-order valence-electron chi connectivity index (χ3n) is 4.19. The van der Waals surface area contributed by atoms with E-state index in [1.165, 1.54) is 0 Å². The van der Waals surface area contributed by atoms with Crippen molar-refractivity contribution in [1.82, 2.24) is 10.0 Å². The van der Waals surface area contributed by atoms with E-state index in [-0.39, 0.29) is 5.75 Å². The molecule has 1 saturated carbocycles. The van der Waals surface area contributed by atoms with E-state index >= 15 is 0 Å². The summed E-state index contributed by atoms with van der Waals surface area (Å²) in [6.45, 7) is 8.64. The van der Waals surface area contributed by atoms with Gasteiger partial charge < -0.3 is 5.32 Å². The first-order valence-electron chi connectivity index (χ1n) is 7.58. The number of sulfonamides is 1. The molecule has 0 heterocycles. The van der Waals surface area contributed by atoms with Gasteiger partial charge in [-0.05, 0) is 35.4 Å². The Morgan fingerprint density at radius 3 is 2.57 bits per heavy atom. The molecule has 1 aliphatic carbocycles. The van der Waals surface area contributed by atoms with Gasteiger partial charge in [-0.3, -0.25) is 0 Å². The predicted molar refractivity (Wildman–Crippen MR) is 86.3 cm³/mol. The summed E-state index contributed by atoms with van der Waals surface area (Å²) in [5, 5.41) is 3.25. The van der Waals surface area contributed by atoms with Gasteiger partial charge in [-0.2, -0.15) is 0 Å². The summed E-state index contributed by atoms with van der Waals surface area (Å²) in [6.07, 6.45) is 1.10. The average Bonchev–Trinajstić information content (AvgIpc) is 3.02. The maximum absolute atomic E-state index is 12.1. The van der Waals surface area contributed by atoms with Crippen LogP contribution in [0.5, 0.6) is 0 Å². The first-order chi connectivity index (χ1) is 9.82. The Morgan fingerprint density at radius 1 is 1.29 bits per heavy atom. The van der Waals surface area contributed by atoms with E-state index in [0.29, 0.717) is 17.9 Å². The van der Waals surface area contributed by atoms with E-state index in [0.717, 1.165) is 30.6 Å². The molecular formula is C16H26N2O2S. The first-order valence-corrected chi connectivity index (χ1v) is 9.23. The highest BCUT2D eigenvalue weighted by atomic mass is 32.2. The van der Waals surface area contributed by atoms with Crippen LogP contribution in [0, 0.1) is 11.3 Å². The number of nitrogens with one attached hydrogen (secondary N) is 2. The number of hydrogen-bond donors (Lipinski definition) is 2. The molecule has 0 aromatic heterocycles. The van der Waals surface area contributed by atoms with Gasteiger partial charge in [0.1, 0.15) is 0 Å². The van der Waals surface area contributed by atoms with Gasteiger partial charge in [0.15, 0.2) is 0 Å². The zero-order valence-corrected chi connectivity index (χ0v) is 14.0. The molecule has 1 atom stereocenters.